The summed E-state index contributed by atoms with van der Waals surface area (Å²) in [6.07, 6.45) is 1.97. The number of fused-ring (bicyclic) bond motifs is 1. The molecule has 1 N–H and O–H groups in total. The number of hydrogen-bond acceptors (Lipinski definition) is 7. The highest BCUT2D eigenvalue weighted by atomic mass is 32.2. The number of aliphatic carboxylic acids is 1. The van der Waals surface area contributed by atoms with Crippen LogP contribution in [-0.2, 0) is 16.0 Å². The van der Waals surface area contributed by atoms with Gasteiger partial charge in [-0.25, -0.2) is 4.79 Å². The lowest BCUT2D eigenvalue weighted by molar-refractivity contribution is -0.308. The molecule has 0 fully saturated rings. The van der Waals surface area contributed by atoms with Crippen molar-refractivity contribution in [2.24, 2.45) is 0 Å². The molecule has 1 atom stereocenters. The van der Waals surface area contributed by atoms with E-state index in [1.165, 1.54) is 24.9 Å². The Balaban J connectivity index is 2.22. The Morgan fingerprint density at radius 1 is 1.36 bits per heavy atom. The van der Waals surface area contributed by atoms with Crippen LogP contribution in [0.3, 0.4) is 0 Å². The Labute approximate surface area is 148 Å². The van der Waals surface area contributed by atoms with Crippen LogP contribution in [0.25, 0.3) is 11.0 Å². The molecule has 0 spiro atoms. The summed E-state index contributed by atoms with van der Waals surface area (Å²) in [5.74, 6) is -0.731. The van der Waals surface area contributed by atoms with Crippen molar-refractivity contribution in [2.75, 3.05) is 19.1 Å². The fourth-order valence-electron chi connectivity index (χ4n) is 2.39. The number of amides is 1. The number of benzene rings is 1. The molecule has 0 aliphatic carbocycles. The van der Waals surface area contributed by atoms with Crippen molar-refractivity contribution in [3.05, 3.63) is 40.2 Å². The Morgan fingerprint density at radius 2 is 2.12 bits per heavy atom. The first-order chi connectivity index (χ1) is 11.9. The van der Waals surface area contributed by atoms with Crippen LogP contribution < -0.4 is 20.8 Å². The lowest BCUT2D eigenvalue weighted by Crippen LogP contribution is -2.48. The second-order valence-corrected chi connectivity index (χ2v) is 6.34. The van der Waals surface area contributed by atoms with Crippen LogP contribution >= 0.6 is 11.8 Å². The van der Waals surface area contributed by atoms with E-state index in [1.54, 1.807) is 18.2 Å². The summed E-state index contributed by atoms with van der Waals surface area (Å²) in [5.41, 5.74) is 0.157. The quantitative estimate of drug-likeness (QED) is 0.673. The maximum Gasteiger partial charge on any atom is 0.336 e. The molecule has 0 aliphatic heterocycles. The van der Waals surface area contributed by atoms with Crippen LogP contribution in [0.15, 0.2) is 33.5 Å². The molecule has 0 unspecified atom stereocenters. The molecule has 2 rings (SSSR count). The summed E-state index contributed by atoms with van der Waals surface area (Å²) in [7, 11) is 1.49. The summed E-state index contributed by atoms with van der Waals surface area (Å²) in [6, 6.07) is 5.09. The maximum absolute atomic E-state index is 12.2. The maximum atomic E-state index is 12.2. The molecule has 0 radical (unpaired) electrons. The number of rotatable bonds is 8. The monoisotopic (exact) mass is 364 g/mol. The SMILES string of the molecule is COc1ccc2c(CC(=O)N[C@@H](CCSC)C(=O)[O-])cc(=O)oc2c1. The van der Waals surface area contributed by atoms with Gasteiger partial charge in [-0.05, 0) is 36.1 Å². The fourth-order valence-corrected chi connectivity index (χ4v) is 2.86. The van der Waals surface area contributed by atoms with Crippen molar-refractivity contribution in [1.82, 2.24) is 5.32 Å². The minimum absolute atomic E-state index is 0.141. The zero-order valence-corrected chi connectivity index (χ0v) is 14.7. The van der Waals surface area contributed by atoms with Gasteiger partial charge in [0, 0.05) is 17.5 Å². The minimum atomic E-state index is -1.33. The number of carbonyl (C=O) groups excluding carboxylic acids is 2. The van der Waals surface area contributed by atoms with Crippen molar-refractivity contribution in [3.8, 4) is 5.75 Å². The van der Waals surface area contributed by atoms with E-state index in [4.69, 9.17) is 9.15 Å². The Morgan fingerprint density at radius 3 is 2.76 bits per heavy atom. The lowest BCUT2D eigenvalue weighted by Gasteiger charge is -2.19. The van der Waals surface area contributed by atoms with Crippen LogP contribution in [0, 0.1) is 0 Å². The summed E-state index contributed by atoms with van der Waals surface area (Å²) in [5, 5.41) is 14.1. The van der Waals surface area contributed by atoms with E-state index in [9.17, 15) is 19.5 Å². The Hall–Kier alpha value is -2.48. The van der Waals surface area contributed by atoms with E-state index in [0.717, 1.165) is 0 Å². The van der Waals surface area contributed by atoms with Crippen molar-refractivity contribution < 1.29 is 23.8 Å². The molecule has 7 nitrogen and oxygen atoms in total. The summed E-state index contributed by atoms with van der Waals surface area (Å²) < 4.78 is 10.2. The van der Waals surface area contributed by atoms with Gasteiger partial charge in [0.2, 0.25) is 5.91 Å². The van der Waals surface area contributed by atoms with Gasteiger partial charge in [0.15, 0.2) is 0 Å². The average molecular weight is 364 g/mol. The smallest absolute Gasteiger partial charge is 0.336 e. The van der Waals surface area contributed by atoms with Crippen LogP contribution in [0.5, 0.6) is 5.75 Å². The highest BCUT2D eigenvalue weighted by Gasteiger charge is 2.16. The van der Waals surface area contributed by atoms with E-state index in [2.05, 4.69) is 5.32 Å². The average Bonchev–Trinajstić information content (AvgIpc) is 2.57. The normalized spacial score (nSPS) is 11.9. The first kappa shape index (κ1) is 18.9. The van der Waals surface area contributed by atoms with Gasteiger partial charge >= 0.3 is 5.63 Å². The molecule has 0 saturated carbocycles. The fraction of sp³-hybridized carbons (Fsp3) is 0.353. The molecule has 134 valence electrons. The predicted molar refractivity (Wildman–Crippen MR) is 92.7 cm³/mol. The molecule has 0 aliphatic rings. The molecule has 0 bridgehead atoms. The molecule has 1 heterocycles. The van der Waals surface area contributed by atoms with Crippen LogP contribution in [-0.4, -0.2) is 37.0 Å². The van der Waals surface area contributed by atoms with Gasteiger partial charge in [-0.15, -0.1) is 0 Å². The van der Waals surface area contributed by atoms with E-state index >= 15 is 0 Å². The van der Waals surface area contributed by atoms with Gasteiger partial charge in [-0.2, -0.15) is 11.8 Å². The first-order valence-corrected chi connectivity index (χ1v) is 8.94. The van der Waals surface area contributed by atoms with E-state index in [-0.39, 0.29) is 12.8 Å². The second kappa shape index (κ2) is 8.57. The standard InChI is InChI=1S/C17H19NO6S/c1-23-11-3-4-12-10(8-16(20)24-14(12)9-11)7-15(19)18-13(17(21)22)5-6-25-2/h3-4,8-9,13H,5-7H2,1-2H3,(H,18,19)(H,21,22)/p-1/t13-/m0/s1. The van der Waals surface area contributed by atoms with Crippen molar-refractivity contribution in [1.29, 1.82) is 0 Å². The predicted octanol–water partition coefficient (Wildman–Crippen LogP) is 0.332. The molecule has 25 heavy (non-hydrogen) atoms. The second-order valence-electron chi connectivity index (χ2n) is 5.35. The highest BCUT2D eigenvalue weighted by molar-refractivity contribution is 7.98. The summed E-state index contributed by atoms with van der Waals surface area (Å²) >= 11 is 1.48. The third-order valence-electron chi connectivity index (χ3n) is 3.62. The largest absolute Gasteiger partial charge is 0.548 e. The van der Waals surface area contributed by atoms with Gasteiger partial charge < -0.3 is 24.4 Å². The number of nitrogens with one attached hydrogen (secondary N) is 1. The lowest BCUT2D eigenvalue weighted by atomic mass is 10.1. The molecule has 1 amide bonds. The minimum Gasteiger partial charge on any atom is -0.548 e. The number of methoxy groups -OCH3 is 1. The number of carboxylic acids is 1. The molecule has 0 saturated heterocycles. The van der Waals surface area contributed by atoms with E-state index in [1.807, 2.05) is 6.26 Å². The zero-order chi connectivity index (χ0) is 18.4. The highest BCUT2D eigenvalue weighted by Crippen LogP contribution is 2.22. The van der Waals surface area contributed by atoms with Crippen molar-refractivity contribution in [2.45, 2.75) is 18.9 Å². The number of ether oxygens (including phenoxy) is 1. The molecular weight excluding hydrogens is 346 g/mol. The molecule has 2 aromatic rings. The van der Waals surface area contributed by atoms with Gasteiger partial charge in [0.1, 0.15) is 11.3 Å². The Bertz CT molecular complexity index is 831. The number of thioether (sulfide) groups is 1. The van der Waals surface area contributed by atoms with Gasteiger partial charge in [0.05, 0.1) is 25.5 Å². The number of hydrogen-bond donors (Lipinski definition) is 1. The summed E-state index contributed by atoms with van der Waals surface area (Å²) in [6.45, 7) is 0. The van der Waals surface area contributed by atoms with Crippen LogP contribution in [0.2, 0.25) is 0 Å². The third kappa shape index (κ3) is 4.99. The van der Waals surface area contributed by atoms with Gasteiger partial charge in [-0.3, -0.25) is 4.79 Å². The molecule has 1 aromatic carbocycles. The van der Waals surface area contributed by atoms with Gasteiger partial charge in [-0.1, -0.05) is 0 Å². The zero-order valence-electron chi connectivity index (χ0n) is 13.9. The molecular formula is C17H18NO6S-. The van der Waals surface area contributed by atoms with Crippen molar-refractivity contribution >= 4 is 34.6 Å². The molecule has 8 heteroatoms. The third-order valence-corrected chi connectivity index (χ3v) is 4.26. The van der Waals surface area contributed by atoms with Crippen LogP contribution in [0.1, 0.15) is 12.0 Å². The van der Waals surface area contributed by atoms with E-state index in [0.29, 0.717) is 28.0 Å². The number of carbonyl (C=O) groups is 2. The first-order valence-electron chi connectivity index (χ1n) is 7.54. The molecule has 1 aromatic heterocycles. The van der Waals surface area contributed by atoms with Gasteiger partial charge in [0.25, 0.3) is 0 Å². The Kier molecular flexibility index (Phi) is 6.46. The van der Waals surface area contributed by atoms with E-state index < -0.39 is 23.5 Å². The topological polar surface area (TPSA) is 109 Å². The summed E-state index contributed by atoms with van der Waals surface area (Å²) in [4.78, 5) is 35.0. The van der Waals surface area contributed by atoms with Crippen LogP contribution in [0.4, 0.5) is 0 Å². The van der Waals surface area contributed by atoms with Crippen molar-refractivity contribution in [3.63, 3.8) is 0 Å². The number of carboxylic acid groups (broad SMARTS) is 1.